The summed E-state index contributed by atoms with van der Waals surface area (Å²) in [5.74, 6) is -0.0127. The van der Waals surface area contributed by atoms with Crippen LogP contribution < -0.4 is 0 Å². The zero-order valence-electron chi connectivity index (χ0n) is 15.2. The van der Waals surface area contributed by atoms with Gasteiger partial charge in [0.2, 0.25) is 0 Å². The Hall–Kier alpha value is -1.88. The molecule has 3 rings (SSSR count). The lowest BCUT2D eigenvalue weighted by Crippen LogP contribution is -2.35. The molecule has 1 fully saturated rings. The minimum absolute atomic E-state index is 0.101. The van der Waals surface area contributed by atoms with Crippen molar-refractivity contribution in [3.05, 3.63) is 69.9 Å². The number of nitrogens with zero attached hydrogens (tertiary/aromatic N) is 1. The molecule has 0 radical (unpaired) electrons. The molecule has 0 bridgehead atoms. The molecule has 1 heterocycles. The summed E-state index contributed by atoms with van der Waals surface area (Å²) in [4.78, 5) is 14.3. The first-order chi connectivity index (χ1) is 12.2. The highest BCUT2D eigenvalue weighted by molar-refractivity contribution is 9.10. The quantitative estimate of drug-likeness (QED) is 0.623. The van der Waals surface area contributed by atoms with Gasteiger partial charge in [-0.25, -0.2) is 9.18 Å². The highest BCUT2D eigenvalue weighted by atomic mass is 79.9. The van der Waals surface area contributed by atoms with Gasteiger partial charge in [0.15, 0.2) is 0 Å². The smallest absolute Gasteiger partial charge is 0.410 e. The predicted molar refractivity (Wildman–Crippen MR) is 104 cm³/mol. The lowest BCUT2D eigenvalue weighted by Gasteiger charge is -2.24. The minimum Gasteiger partial charge on any atom is -0.444 e. The third kappa shape index (κ3) is 4.44. The third-order valence-electron chi connectivity index (χ3n) is 4.57. The van der Waals surface area contributed by atoms with E-state index in [4.69, 9.17) is 4.74 Å². The normalized spacial score (nSPS) is 20.3. The number of carbonyl (C=O) groups is 1. The second-order valence-corrected chi connectivity index (χ2v) is 8.62. The summed E-state index contributed by atoms with van der Waals surface area (Å²) in [7, 11) is 0. The van der Waals surface area contributed by atoms with Gasteiger partial charge < -0.3 is 9.64 Å². The maximum Gasteiger partial charge on any atom is 0.410 e. The Kier molecular flexibility index (Phi) is 5.37. The molecule has 3 nitrogen and oxygen atoms in total. The van der Waals surface area contributed by atoms with E-state index in [1.807, 2.05) is 45.0 Å². The first-order valence-electron chi connectivity index (χ1n) is 8.72. The zero-order valence-corrected chi connectivity index (χ0v) is 16.8. The number of ether oxygens (including phenoxy) is 1. The van der Waals surface area contributed by atoms with E-state index >= 15 is 0 Å². The summed E-state index contributed by atoms with van der Waals surface area (Å²) in [6.45, 7) is 6.74. The largest absolute Gasteiger partial charge is 0.444 e. The lowest BCUT2D eigenvalue weighted by atomic mass is 9.84. The Morgan fingerprint density at radius 3 is 1.92 bits per heavy atom. The second-order valence-electron chi connectivity index (χ2n) is 7.70. The van der Waals surface area contributed by atoms with Crippen LogP contribution in [-0.4, -0.2) is 29.7 Å². The van der Waals surface area contributed by atoms with Gasteiger partial charge in [-0.3, -0.25) is 0 Å². The van der Waals surface area contributed by atoms with E-state index in [-0.39, 0.29) is 23.7 Å². The lowest BCUT2D eigenvalue weighted by molar-refractivity contribution is 0.0290. The Morgan fingerprint density at radius 1 is 1.00 bits per heavy atom. The highest BCUT2D eigenvalue weighted by Gasteiger charge is 2.38. The van der Waals surface area contributed by atoms with Crippen LogP contribution in [0.4, 0.5) is 9.18 Å². The summed E-state index contributed by atoms with van der Waals surface area (Å²) < 4.78 is 19.9. The molecule has 2 atom stereocenters. The van der Waals surface area contributed by atoms with Gasteiger partial charge in [-0.15, -0.1) is 0 Å². The standard InChI is InChI=1S/C21H23BrFNO2/c1-21(2,3)26-20(25)24-12-18(14-4-8-16(22)9-5-14)19(13-24)15-6-10-17(23)11-7-15/h4-11,18-19H,12-13H2,1-3H3/t18-,19+/m0/s1. The van der Waals surface area contributed by atoms with Crippen LogP contribution in [0.15, 0.2) is 53.0 Å². The average Bonchev–Trinajstić information content (AvgIpc) is 3.00. The number of rotatable bonds is 2. The minimum atomic E-state index is -0.530. The Morgan fingerprint density at radius 2 is 1.46 bits per heavy atom. The SMILES string of the molecule is CC(C)(C)OC(=O)N1C[C@H](c2ccc(F)cc2)[C@H](c2ccc(Br)cc2)C1. The van der Waals surface area contributed by atoms with Gasteiger partial charge >= 0.3 is 6.09 Å². The first-order valence-corrected chi connectivity index (χ1v) is 9.51. The van der Waals surface area contributed by atoms with Crippen LogP contribution in [0.2, 0.25) is 0 Å². The average molecular weight is 420 g/mol. The molecular formula is C21H23BrFNO2. The van der Waals surface area contributed by atoms with E-state index in [1.165, 1.54) is 12.1 Å². The van der Waals surface area contributed by atoms with Crippen LogP contribution in [0.3, 0.4) is 0 Å². The topological polar surface area (TPSA) is 29.5 Å². The van der Waals surface area contributed by atoms with Crippen LogP contribution in [0.25, 0.3) is 0 Å². The Bertz CT molecular complexity index is 715. The van der Waals surface area contributed by atoms with Crippen LogP contribution in [-0.2, 0) is 4.74 Å². The van der Waals surface area contributed by atoms with Gasteiger partial charge in [0, 0.05) is 29.4 Å². The van der Waals surface area contributed by atoms with Crippen molar-refractivity contribution in [3.8, 4) is 0 Å². The van der Waals surface area contributed by atoms with Crippen LogP contribution in [0.5, 0.6) is 0 Å². The van der Waals surface area contributed by atoms with Gasteiger partial charge in [0.05, 0.1) is 0 Å². The number of hydrogen-bond donors (Lipinski definition) is 0. The van der Waals surface area contributed by atoms with Crippen molar-refractivity contribution in [2.45, 2.75) is 38.2 Å². The number of carbonyl (C=O) groups excluding carboxylic acids is 1. The van der Waals surface area contributed by atoms with Crippen LogP contribution >= 0.6 is 15.9 Å². The first kappa shape index (κ1) is 18.9. The van der Waals surface area contributed by atoms with Gasteiger partial charge in [0.1, 0.15) is 11.4 Å². The van der Waals surface area contributed by atoms with E-state index in [2.05, 4.69) is 28.1 Å². The molecule has 0 N–H and O–H groups in total. The molecule has 26 heavy (non-hydrogen) atoms. The highest BCUT2D eigenvalue weighted by Crippen LogP contribution is 2.40. The molecule has 1 aliphatic heterocycles. The monoisotopic (exact) mass is 419 g/mol. The van der Waals surface area contributed by atoms with E-state index < -0.39 is 5.60 Å². The molecule has 1 aliphatic rings. The van der Waals surface area contributed by atoms with Crippen molar-refractivity contribution >= 4 is 22.0 Å². The van der Waals surface area contributed by atoms with Crippen molar-refractivity contribution in [1.29, 1.82) is 0 Å². The number of likely N-dealkylation sites (tertiary alicyclic amines) is 1. The third-order valence-corrected chi connectivity index (χ3v) is 5.10. The number of amides is 1. The fourth-order valence-corrected chi connectivity index (χ4v) is 3.64. The zero-order chi connectivity index (χ0) is 18.9. The molecule has 1 saturated heterocycles. The maximum absolute atomic E-state index is 13.3. The Balaban J connectivity index is 1.89. The van der Waals surface area contributed by atoms with Gasteiger partial charge in [-0.1, -0.05) is 40.2 Å². The summed E-state index contributed by atoms with van der Waals surface area (Å²) in [5.41, 5.74) is 1.66. The summed E-state index contributed by atoms with van der Waals surface area (Å²) >= 11 is 3.46. The van der Waals surface area contributed by atoms with Crippen LogP contribution in [0.1, 0.15) is 43.7 Å². The van der Waals surface area contributed by atoms with Gasteiger partial charge in [-0.2, -0.15) is 0 Å². The van der Waals surface area contributed by atoms with E-state index in [1.54, 1.807) is 4.90 Å². The van der Waals surface area contributed by atoms with Crippen molar-refractivity contribution in [2.75, 3.05) is 13.1 Å². The molecule has 138 valence electrons. The fourth-order valence-electron chi connectivity index (χ4n) is 3.37. The number of benzene rings is 2. The van der Waals surface area contributed by atoms with E-state index in [9.17, 15) is 9.18 Å². The fraction of sp³-hybridized carbons (Fsp3) is 0.381. The molecule has 2 aromatic carbocycles. The predicted octanol–water partition coefficient (Wildman–Crippen LogP) is 5.71. The van der Waals surface area contributed by atoms with Crippen molar-refractivity contribution in [2.24, 2.45) is 0 Å². The number of hydrogen-bond acceptors (Lipinski definition) is 2. The molecule has 0 saturated carbocycles. The molecule has 2 aromatic rings. The Labute approximate surface area is 162 Å². The molecule has 0 aliphatic carbocycles. The van der Waals surface area contributed by atoms with E-state index in [0.717, 1.165) is 15.6 Å². The van der Waals surface area contributed by atoms with Gasteiger partial charge in [-0.05, 0) is 56.2 Å². The molecule has 0 aromatic heterocycles. The summed E-state index contributed by atoms with van der Waals surface area (Å²) in [6.07, 6.45) is -0.302. The molecule has 0 unspecified atom stereocenters. The molecular weight excluding hydrogens is 397 g/mol. The number of halogens is 2. The summed E-state index contributed by atoms with van der Waals surface area (Å²) in [5, 5.41) is 0. The van der Waals surface area contributed by atoms with Crippen molar-refractivity contribution in [1.82, 2.24) is 4.90 Å². The maximum atomic E-state index is 13.3. The van der Waals surface area contributed by atoms with E-state index in [0.29, 0.717) is 13.1 Å². The van der Waals surface area contributed by atoms with Crippen molar-refractivity contribution in [3.63, 3.8) is 0 Å². The summed E-state index contributed by atoms with van der Waals surface area (Å²) in [6, 6.07) is 14.7. The molecule has 0 spiro atoms. The molecule has 1 amide bonds. The van der Waals surface area contributed by atoms with Gasteiger partial charge in [0.25, 0.3) is 0 Å². The van der Waals surface area contributed by atoms with Crippen LogP contribution in [0, 0.1) is 5.82 Å². The van der Waals surface area contributed by atoms with Crippen molar-refractivity contribution < 1.29 is 13.9 Å². The molecule has 5 heteroatoms. The second kappa shape index (κ2) is 7.39.